The van der Waals surface area contributed by atoms with Crippen LogP contribution in [-0.4, -0.2) is 71.0 Å². The fourth-order valence-corrected chi connectivity index (χ4v) is 3.52. The van der Waals surface area contributed by atoms with Gasteiger partial charge in [0.25, 0.3) is 0 Å². The van der Waals surface area contributed by atoms with Crippen molar-refractivity contribution in [3.8, 4) is 5.75 Å². The third kappa shape index (κ3) is 9.31. The zero-order chi connectivity index (χ0) is 26.8. The molecule has 10 nitrogen and oxygen atoms in total. The Bertz CT molecular complexity index is 902. The minimum absolute atomic E-state index is 0.0152. The zero-order valence-corrected chi connectivity index (χ0v) is 22.1. The summed E-state index contributed by atoms with van der Waals surface area (Å²) in [6.07, 6.45) is -0.846. The number of benzene rings is 1. The van der Waals surface area contributed by atoms with E-state index in [1.807, 2.05) is 0 Å². The molecule has 0 aliphatic rings. The van der Waals surface area contributed by atoms with Crippen LogP contribution in [-0.2, 0) is 23.9 Å². The van der Waals surface area contributed by atoms with E-state index >= 15 is 0 Å². The summed E-state index contributed by atoms with van der Waals surface area (Å²) in [5.41, 5.74) is -0.0371. The average Bonchev–Trinajstić information content (AvgIpc) is 2.76. The van der Waals surface area contributed by atoms with Gasteiger partial charge < -0.3 is 30.1 Å². The fourth-order valence-electron chi connectivity index (χ4n) is 3.27. The van der Waals surface area contributed by atoms with Crippen LogP contribution in [0.1, 0.15) is 58.2 Å². The summed E-state index contributed by atoms with van der Waals surface area (Å²) in [4.78, 5) is 51.9. The third-order valence-corrected chi connectivity index (χ3v) is 5.22. The lowest BCUT2D eigenvalue weighted by atomic mass is 9.99. The maximum Gasteiger partial charge on any atom is 0.408 e. The van der Waals surface area contributed by atoms with E-state index in [0.29, 0.717) is 5.56 Å². The van der Waals surface area contributed by atoms with Gasteiger partial charge in [-0.05, 0) is 47.1 Å². The molecule has 1 aromatic rings. The minimum Gasteiger partial charge on any atom is -0.507 e. The number of hydrogen-bond acceptors (Lipinski definition) is 8. The number of para-hydroxylation sites is 1. The van der Waals surface area contributed by atoms with Crippen LogP contribution in [0.25, 0.3) is 0 Å². The van der Waals surface area contributed by atoms with E-state index in [-0.39, 0.29) is 43.2 Å². The van der Waals surface area contributed by atoms with Crippen LogP contribution in [0.2, 0.25) is 0 Å². The minimum atomic E-state index is -1.22. The van der Waals surface area contributed by atoms with Crippen LogP contribution in [0.5, 0.6) is 5.75 Å². The van der Waals surface area contributed by atoms with Gasteiger partial charge in [-0.3, -0.25) is 14.4 Å². The zero-order valence-electron chi connectivity index (χ0n) is 21.2. The van der Waals surface area contributed by atoms with Crippen LogP contribution < -0.4 is 10.6 Å². The van der Waals surface area contributed by atoms with Crippen molar-refractivity contribution in [1.82, 2.24) is 15.5 Å². The number of carbonyl (C=O) groups excluding carboxylic acids is 4. The van der Waals surface area contributed by atoms with Gasteiger partial charge in [-0.2, -0.15) is 12.6 Å². The molecule has 0 heterocycles. The number of thiol groups is 1. The molecule has 11 heteroatoms. The van der Waals surface area contributed by atoms with Crippen LogP contribution in [0, 0.1) is 6.92 Å². The van der Waals surface area contributed by atoms with Crippen molar-refractivity contribution >= 4 is 36.5 Å². The van der Waals surface area contributed by atoms with Crippen molar-refractivity contribution in [3.63, 3.8) is 0 Å². The molecule has 0 spiro atoms. The second-order valence-corrected chi connectivity index (χ2v) is 9.13. The number of hydrogen-bond donors (Lipinski definition) is 4. The number of nitrogens with one attached hydrogen (secondary N) is 2. The summed E-state index contributed by atoms with van der Waals surface area (Å²) in [5.74, 6) is -1.83. The Hall–Kier alpha value is -2.95. The van der Waals surface area contributed by atoms with Crippen molar-refractivity contribution in [3.05, 3.63) is 29.3 Å². The molecule has 3 N–H and O–H groups in total. The number of phenolic OH excluding ortho intramolecular Hbond substituents is 1. The first-order valence-electron chi connectivity index (χ1n) is 11.5. The average molecular weight is 512 g/mol. The molecule has 0 aliphatic heterocycles. The molecule has 0 fully saturated rings. The van der Waals surface area contributed by atoms with Gasteiger partial charge in [0.15, 0.2) is 0 Å². The van der Waals surface area contributed by atoms with Gasteiger partial charge in [0, 0.05) is 24.4 Å². The highest BCUT2D eigenvalue weighted by Crippen LogP contribution is 2.32. The lowest BCUT2D eigenvalue weighted by molar-refractivity contribution is -0.144. The molecule has 2 unspecified atom stereocenters. The Morgan fingerprint density at radius 1 is 1.17 bits per heavy atom. The second kappa shape index (κ2) is 13.8. The van der Waals surface area contributed by atoms with Crippen LogP contribution in [0.15, 0.2) is 18.2 Å². The molecule has 2 atom stereocenters. The van der Waals surface area contributed by atoms with E-state index in [9.17, 15) is 24.3 Å². The van der Waals surface area contributed by atoms with Crippen LogP contribution in [0.3, 0.4) is 0 Å². The number of nitrogens with zero attached hydrogens (tertiary/aromatic N) is 1. The van der Waals surface area contributed by atoms with Gasteiger partial charge in [0.2, 0.25) is 11.8 Å². The molecule has 35 heavy (non-hydrogen) atoms. The Balaban J connectivity index is 3.25. The van der Waals surface area contributed by atoms with E-state index in [1.165, 1.54) is 4.90 Å². The molecule has 196 valence electrons. The smallest absolute Gasteiger partial charge is 0.408 e. The normalized spacial score (nSPS) is 12.8. The van der Waals surface area contributed by atoms with E-state index in [1.54, 1.807) is 59.7 Å². The largest absolute Gasteiger partial charge is 0.507 e. The highest BCUT2D eigenvalue weighted by Gasteiger charge is 2.36. The van der Waals surface area contributed by atoms with E-state index in [0.717, 1.165) is 0 Å². The summed E-state index contributed by atoms with van der Waals surface area (Å²) >= 11 is 4.20. The number of aromatic hydroxyl groups is 1. The number of esters is 1. The monoisotopic (exact) mass is 511 g/mol. The molecule has 0 aliphatic carbocycles. The predicted octanol–water partition coefficient (Wildman–Crippen LogP) is 2.48. The molecule has 0 saturated carbocycles. The van der Waals surface area contributed by atoms with Crippen molar-refractivity contribution in [2.24, 2.45) is 0 Å². The van der Waals surface area contributed by atoms with Crippen molar-refractivity contribution < 1.29 is 33.8 Å². The van der Waals surface area contributed by atoms with Crippen molar-refractivity contribution in [2.45, 2.75) is 65.6 Å². The Kier molecular flexibility index (Phi) is 11.9. The molecule has 0 saturated heterocycles. The highest BCUT2D eigenvalue weighted by molar-refractivity contribution is 7.80. The number of carbonyl (C=O) groups is 4. The first-order valence-corrected chi connectivity index (χ1v) is 12.1. The maximum absolute atomic E-state index is 13.5. The summed E-state index contributed by atoms with van der Waals surface area (Å²) in [5, 5.41) is 15.8. The number of alkyl carbamates (subject to hydrolysis) is 1. The van der Waals surface area contributed by atoms with E-state index < -0.39 is 41.6 Å². The number of rotatable bonds is 11. The van der Waals surface area contributed by atoms with Gasteiger partial charge in [0.1, 0.15) is 23.4 Å². The molecule has 0 radical (unpaired) electrons. The maximum atomic E-state index is 13.5. The summed E-state index contributed by atoms with van der Waals surface area (Å²) < 4.78 is 10.1. The van der Waals surface area contributed by atoms with Crippen molar-refractivity contribution in [1.29, 1.82) is 0 Å². The highest BCUT2D eigenvalue weighted by atomic mass is 32.1. The SMILES string of the molecule is CCOC(=O)CCNC(=O)C(c1cccc(C)c1O)N(CC)C(=O)C(CS)NC(=O)OC(C)(C)C. The quantitative estimate of drug-likeness (QED) is 0.265. The van der Waals surface area contributed by atoms with Gasteiger partial charge in [-0.15, -0.1) is 0 Å². The summed E-state index contributed by atoms with van der Waals surface area (Å²) in [6, 6.07) is 2.57. The standard InChI is InChI=1S/C24H37N3O7S/c1-7-27(22(31)17(14-35)26-23(32)34-24(4,5)6)19(16-11-9-10-15(3)20(16)29)21(30)25-13-12-18(28)33-8-2/h9-11,17,19,29,35H,7-8,12-14H2,1-6H3,(H,25,30)(H,26,32). The van der Waals surface area contributed by atoms with E-state index in [4.69, 9.17) is 9.47 Å². The van der Waals surface area contributed by atoms with Gasteiger partial charge in [-0.1, -0.05) is 18.2 Å². The van der Waals surface area contributed by atoms with Crippen LogP contribution >= 0.6 is 12.6 Å². The van der Waals surface area contributed by atoms with E-state index in [2.05, 4.69) is 23.3 Å². The van der Waals surface area contributed by atoms with Crippen LogP contribution in [0.4, 0.5) is 4.79 Å². The molecule has 1 rings (SSSR count). The van der Waals surface area contributed by atoms with Crippen molar-refractivity contribution in [2.75, 3.05) is 25.4 Å². The Morgan fingerprint density at radius 3 is 2.37 bits per heavy atom. The third-order valence-electron chi connectivity index (χ3n) is 4.85. The first-order chi connectivity index (χ1) is 16.4. The molecule has 0 bridgehead atoms. The lowest BCUT2D eigenvalue weighted by Crippen LogP contribution is -2.53. The number of phenols is 1. The molecule has 3 amide bonds. The van der Waals surface area contributed by atoms with Gasteiger partial charge in [0.05, 0.1) is 13.0 Å². The number of aryl methyl sites for hydroxylation is 1. The lowest BCUT2D eigenvalue weighted by Gasteiger charge is -2.33. The number of amides is 3. The fraction of sp³-hybridized carbons (Fsp3) is 0.583. The topological polar surface area (TPSA) is 134 Å². The summed E-state index contributed by atoms with van der Waals surface area (Å²) in [6.45, 7) is 10.4. The predicted molar refractivity (Wildman–Crippen MR) is 134 cm³/mol. The van der Waals surface area contributed by atoms with Gasteiger partial charge >= 0.3 is 12.1 Å². The molecular formula is C24H37N3O7S. The van der Waals surface area contributed by atoms with Gasteiger partial charge in [-0.25, -0.2) is 4.79 Å². The second-order valence-electron chi connectivity index (χ2n) is 8.77. The number of likely N-dealkylation sites (N-methyl/N-ethyl adjacent to an activating group) is 1. The Labute approximate surface area is 212 Å². The number of ether oxygens (including phenoxy) is 2. The summed E-state index contributed by atoms with van der Waals surface area (Å²) in [7, 11) is 0. The first kappa shape index (κ1) is 30.1. The molecular weight excluding hydrogens is 474 g/mol. The molecule has 1 aromatic carbocycles. The molecule has 0 aromatic heterocycles. The Morgan fingerprint density at radius 2 is 1.83 bits per heavy atom.